The van der Waals surface area contributed by atoms with Crippen LogP contribution in [0, 0.1) is 0 Å². The van der Waals surface area contributed by atoms with Gasteiger partial charge in [0.15, 0.2) is 0 Å². The molecule has 0 aromatic heterocycles. The Labute approximate surface area is 87.2 Å². The Morgan fingerprint density at radius 3 is 3.07 bits per heavy atom. The van der Waals surface area contributed by atoms with Gasteiger partial charge in [-0.3, -0.25) is 0 Å². The lowest BCUT2D eigenvalue weighted by Crippen LogP contribution is -2.26. The highest BCUT2D eigenvalue weighted by atomic mass is 35.5. The molecule has 0 bridgehead atoms. The number of alkyl carbamates (subject to hydrolysis) is 1. The summed E-state index contributed by atoms with van der Waals surface area (Å²) in [6, 6.07) is -0.166. The molecule has 0 aliphatic rings. The van der Waals surface area contributed by atoms with E-state index in [1.54, 1.807) is 6.92 Å². The van der Waals surface area contributed by atoms with E-state index in [9.17, 15) is 4.79 Å². The monoisotopic (exact) mass is 220 g/mol. The van der Waals surface area contributed by atoms with Gasteiger partial charge in [-0.2, -0.15) is 0 Å². The van der Waals surface area contributed by atoms with Crippen molar-refractivity contribution in [3.05, 3.63) is 10.4 Å². The average Bonchev–Trinajstić information content (AvgIpc) is 2.15. The smallest absolute Gasteiger partial charge is 0.407 e. The summed E-state index contributed by atoms with van der Waals surface area (Å²) in [7, 11) is 0. The molecule has 1 N–H and O–H groups in total. The normalized spacial score (nSPS) is 11.3. The van der Waals surface area contributed by atoms with E-state index in [0.29, 0.717) is 18.8 Å². The molecule has 0 heterocycles. The molecule has 6 nitrogen and oxygen atoms in total. The van der Waals surface area contributed by atoms with Crippen LogP contribution < -0.4 is 5.32 Å². The lowest BCUT2D eigenvalue weighted by atomic mass is 10.3. The van der Waals surface area contributed by atoms with Gasteiger partial charge < -0.3 is 10.1 Å². The molecule has 1 atom stereocenters. The number of alkyl halides is 1. The maximum absolute atomic E-state index is 10.8. The van der Waals surface area contributed by atoms with E-state index >= 15 is 0 Å². The van der Waals surface area contributed by atoms with Crippen LogP contribution in [0.5, 0.6) is 0 Å². The first kappa shape index (κ1) is 12.9. The van der Waals surface area contributed by atoms with Gasteiger partial charge in [0.1, 0.15) is 0 Å². The highest BCUT2D eigenvalue weighted by Crippen LogP contribution is 1.97. The molecule has 0 saturated heterocycles. The van der Waals surface area contributed by atoms with Crippen molar-refractivity contribution in [3.63, 3.8) is 0 Å². The summed E-state index contributed by atoms with van der Waals surface area (Å²) in [6.45, 7) is 2.36. The number of nitrogens with one attached hydrogen (secondary N) is 1. The van der Waals surface area contributed by atoms with Crippen molar-refractivity contribution in [2.75, 3.05) is 19.0 Å². The van der Waals surface area contributed by atoms with Gasteiger partial charge in [-0.1, -0.05) is 12.0 Å². The number of hydrogen-bond donors (Lipinski definition) is 1. The number of carbonyl (C=O) groups excluding carboxylic acids is 1. The second-order valence-corrected chi connectivity index (χ2v) is 2.97. The lowest BCUT2D eigenvalue weighted by Gasteiger charge is -2.06. The Bertz CT molecular complexity index is 218. The van der Waals surface area contributed by atoms with Crippen molar-refractivity contribution in [1.82, 2.24) is 5.32 Å². The van der Waals surface area contributed by atoms with Gasteiger partial charge in [-0.15, -0.1) is 11.6 Å². The number of halogens is 1. The number of carbonyl (C=O) groups is 1. The van der Waals surface area contributed by atoms with Gasteiger partial charge >= 0.3 is 6.09 Å². The molecule has 0 saturated carbocycles. The minimum absolute atomic E-state index is 0.166. The largest absolute Gasteiger partial charge is 0.450 e. The van der Waals surface area contributed by atoms with Crippen LogP contribution in [-0.4, -0.2) is 31.2 Å². The van der Waals surface area contributed by atoms with Gasteiger partial charge in [-0.25, -0.2) is 4.79 Å². The lowest BCUT2D eigenvalue weighted by molar-refractivity contribution is 0.143. The molecule has 1 amide bonds. The third-order valence-corrected chi connectivity index (χ3v) is 1.57. The van der Waals surface area contributed by atoms with Crippen LogP contribution in [0.2, 0.25) is 0 Å². The van der Waals surface area contributed by atoms with E-state index < -0.39 is 6.09 Å². The van der Waals surface area contributed by atoms with Crippen LogP contribution in [0.4, 0.5) is 4.79 Å². The number of rotatable bonds is 6. The highest BCUT2D eigenvalue weighted by molar-refractivity contribution is 6.18. The molecule has 0 radical (unpaired) electrons. The Morgan fingerprint density at radius 1 is 1.79 bits per heavy atom. The number of nitrogens with zero attached hydrogens (tertiary/aromatic N) is 3. The van der Waals surface area contributed by atoms with Gasteiger partial charge in [-0.05, 0) is 12.0 Å². The Kier molecular flexibility index (Phi) is 7.78. The fraction of sp³-hybridized carbons (Fsp3) is 0.857. The van der Waals surface area contributed by atoms with E-state index in [1.807, 2.05) is 0 Å². The van der Waals surface area contributed by atoms with E-state index in [1.165, 1.54) is 0 Å². The van der Waals surface area contributed by atoms with E-state index in [4.69, 9.17) is 21.9 Å². The van der Waals surface area contributed by atoms with Crippen LogP contribution in [-0.2, 0) is 4.74 Å². The molecular formula is C7H13ClN4O2. The second-order valence-electron chi connectivity index (χ2n) is 2.59. The first-order valence-electron chi connectivity index (χ1n) is 4.21. The van der Waals surface area contributed by atoms with E-state index in [0.717, 1.165) is 0 Å². The fourth-order valence-corrected chi connectivity index (χ4v) is 0.763. The summed E-state index contributed by atoms with van der Waals surface area (Å²) in [6.07, 6.45) is 0.0111. The molecule has 1 unspecified atom stereocenters. The van der Waals surface area contributed by atoms with Gasteiger partial charge in [0, 0.05) is 23.4 Å². The zero-order valence-electron chi connectivity index (χ0n) is 7.94. The number of hydrogen-bond acceptors (Lipinski definition) is 3. The molecule has 0 aliphatic heterocycles. The third kappa shape index (κ3) is 7.52. The first-order chi connectivity index (χ1) is 6.70. The summed E-state index contributed by atoms with van der Waals surface area (Å²) in [5.74, 6) is 0.351. The number of azide groups is 1. The molecule has 0 rings (SSSR count). The van der Waals surface area contributed by atoms with Crippen LogP contribution >= 0.6 is 11.6 Å². The predicted molar refractivity (Wildman–Crippen MR) is 53.3 cm³/mol. The molecule has 14 heavy (non-hydrogen) atoms. The highest BCUT2D eigenvalue weighted by Gasteiger charge is 2.02. The van der Waals surface area contributed by atoms with E-state index in [2.05, 4.69) is 15.3 Å². The molecule has 0 aromatic rings. The molecule has 0 spiro atoms. The van der Waals surface area contributed by atoms with Gasteiger partial charge in [0.2, 0.25) is 0 Å². The maximum Gasteiger partial charge on any atom is 0.407 e. The SMILES string of the molecule is CC(CCOC(=O)NCCCl)N=[N+]=[N-]. The van der Waals surface area contributed by atoms with Crippen LogP contribution in [0.25, 0.3) is 10.4 Å². The fourth-order valence-electron chi connectivity index (χ4n) is 0.668. The summed E-state index contributed by atoms with van der Waals surface area (Å²) in [5, 5.41) is 5.87. The molecular weight excluding hydrogens is 208 g/mol. The molecule has 0 aromatic carbocycles. The molecule has 80 valence electrons. The third-order valence-electron chi connectivity index (χ3n) is 1.38. The standard InChI is InChI=1S/C7H13ClN4O2/c1-6(11-12-9)2-5-14-7(13)10-4-3-8/h6H,2-5H2,1H3,(H,10,13). The van der Waals surface area contributed by atoms with Crippen molar-refractivity contribution < 1.29 is 9.53 Å². The van der Waals surface area contributed by atoms with Crippen molar-refractivity contribution in [1.29, 1.82) is 0 Å². The van der Waals surface area contributed by atoms with E-state index in [-0.39, 0.29) is 12.6 Å². The Balaban J connectivity index is 3.43. The van der Waals surface area contributed by atoms with Crippen molar-refractivity contribution in [2.24, 2.45) is 5.11 Å². The zero-order chi connectivity index (χ0) is 10.8. The van der Waals surface area contributed by atoms with Gasteiger partial charge in [0.05, 0.1) is 6.61 Å². The van der Waals surface area contributed by atoms with Gasteiger partial charge in [0.25, 0.3) is 0 Å². The summed E-state index contributed by atoms with van der Waals surface area (Å²) < 4.78 is 4.77. The van der Waals surface area contributed by atoms with Crippen LogP contribution in [0.1, 0.15) is 13.3 Å². The van der Waals surface area contributed by atoms with Crippen molar-refractivity contribution >= 4 is 17.7 Å². The number of ether oxygens (including phenoxy) is 1. The minimum Gasteiger partial charge on any atom is -0.450 e. The summed E-state index contributed by atoms with van der Waals surface area (Å²) in [4.78, 5) is 13.5. The average molecular weight is 221 g/mol. The quantitative estimate of drug-likeness (QED) is 0.321. The molecule has 7 heteroatoms. The topological polar surface area (TPSA) is 87.1 Å². The second kappa shape index (κ2) is 8.47. The molecule has 0 fully saturated rings. The maximum atomic E-state index is 10.8. The van der Waals surface area contributed by atoms with Crippen molar-refractivity contribution in [2.45, 2.75) is 19.4 Å². The van der Waals surface area contributed by atoms with Crippen molar-refractivity contribution in [3.8, 4) is 0 Å². The zero-order valence-corrected chi connectivity index (χ0v) is 8.70. The van der Waals surface area contributed by atoms with Crippen LogP contribution in [0.3, 0.4) is 0 Å². The summed E-state index contributed by atoms with van der Waals surface area (Å²) >= 11 is 5.35. The minimum atomic E-state index is -0.501. The Morgan fingerprint density at radius 2 is 2.50 bits per heavy atom. The Hall–Kier alpha value is -1.13. The summed E-state index contributed by atoms with van der Waals surface area (Å²) in [5.41, 5.74) is 8.08. The predicted octanol–water partition coefficient (Wildman–Crippen LogP) is 2.04. The first-order valence-corrected chi connectivity index (χ1v) is 4.75. The van der Waals surface area contributed by atoms with Crippen LogP contribution in [0.15, 0.2) is 5.11 Å². The molecule has 0 aliphatic carbocycles. The number of amides is 1.